The highest BCUT2D eigenvalue weighted by atomic mass is 35.5. The predicted octanol–water partition coefficient (Wildman–Crippen LogP) is 3.61. The van der Waals surface area contributed by atoms with E-state index in [2.05, 4.69) is 26.8 Å². The van der Waals surface area contributed by atoms with Gasteiger partial charge >= 0.3 is 0 Å². The fraction of sp³-hybridized carbons (Fsp3) is 0.778. The molecular weight excluding hydrogens is 144 g/mol. The van der Waals surface area contributed by atoms with E-state index in [4.69, 9.17) is 11.6 Å². The van der Waals surface area contributed by atoms with E-state index in [0.717, 1.165) is 0 Å². The smallest absolute Gasteiger partial charge is 0.0430 e. The van der Waals surface area contributed by atoms with E-state index < -0.39 is 0 Å². The summed E-state index contributed by atoms with van der Waals surface area (Å²) < 4.78 is 0. The Labute approximate surface area is 69.3 Å². The Morgan fingerprint density at radius 3 is 2.60 bits per heavy atom. The normalized spacial score (nSPS) is 15.4. The van der Waals surface area contributed by atoms with E-state index in [1.54, 1.807) is 0 Å². The van der Waals surface area contributed by atoms with Crippen LogP contribution in [0.2, 0.25) is 0 Å². The summed E-state index contributed by atoms with van der Waals surface area (Å²) in [6, 6.07) is 0. The Hall–Kier alpha value is 0.0300. The summed E-state index contributed by atoms with van der Waals surface area (Å²) in [7, 11) is 0. The molecule has 0 aliphatic heterocycles. The highest BCUT2D eigenvalue weighted by Crippen LogP contribution is 2.09. The minimum absolute atomic E-state index is 0.675. The Balaban J connectivity index is 3.62. The molecule has 0 rings (SSSR count). The molecule has 0 amide bonds. The lowest BCUT2D eigenvalue weighted by Gasteiger charge is -2.03. The zero-order valence-corrected chi connectivity index (χ0v) is 7.91. The molecule has 1 unspecified atom stereocenters. The summed E-state index contributed by atoms with van der Waals surface area (Å²) in [6.45, 7) is 6.53. The lowest BCUT2D eigenvalue weighted by molar-refractivity contribution is 0.630. The van der Waals surface area contributed by atoms with Gasteiger partial charge in [-0.3, -0.25) is 0 Å². The maximum Gasteiger partial charge on any atom is 0.0430 e. The molecular formula is C9H17Cl. The van der Waals surface area contributed by atoms with Crippen LogP contribution in [-0.2, 0) is 0 Å². The quantitative estimate of drug-likeness (QED) is 0.436. The first kappa shape index (κ1) is 10.0. The largest absolute Gasteiger partial charge is 0.122 e. The van der Waals surface area contributed by atoms with E-state index in [9.17, 15) is 0 Å². The lowest BCUT2D eigenvalue weighted by atomic mass is 10.0. The van der Waals surface area contributed by atoms with E-state index in [1.165, 1.54) is 18.4 Å². The van der Waals surface area contributed by atoms with Crippen LogP contribution in [0, 0.1) is 5.92 Å². The van der Waals surface area contributed by atoms with Crippen molar-refractivity contribution in [3.8, 4) is 0 Å². The van der Waals surface area contributed by atoms with Crippen molar-refractivity contribution in [1.82, 2.24) is 0 Å². The van der Waals surface area contributed by atoms with Crippen molar-refractivity contribution < 1.29 is 0 Å². The van der Waals surface area contributed by atoms with Crippen LogP contribution in [0.3, 0.4) is 0 Å². The summed E-state index contributed by atoms with van der Waals surface area (Å²) in [5.74, 6) is 1.37. The predicted molar refractivity (Wildman–Crippen MR) is 48.5 cm³/mol. The molecule has 0 aliphatic carbocycles. The molecule has 0 aromatic heterocycles. The maximum absolute atomic E-state index is 5.63. The van der Waals surface area contributed by atoms with Gasteiger partial charge < -0.3 is 0 Å². The Bertz CT molecular complexity index is 105. The van der Waals surface area contributed by atoms with E-state index >= 15 is 0 Å². The van der Waals surface area contributed by atoms with Crippen molar-refractivity contribution in [3.05, 3.63) is 11.6 Å². The molecule has 10 heavy (non-hydrogen) atoms. The first-order valence-electron chi connectivity index (χ1n) is 3.94. The molecule has 1 atom stereocenters. The zero-order chi connectivity index (χ0) is 7.98. The first-order chi connectivity index (χ1) is 4.70. The van der Waals surface area contributed by atoms with E-state index in [-0.39, 0.29) is 0 Å². The van der Waals surface area contributed by atoms with Gasteiger partial charge in [0.1, 0.15) is 0 Å². The number of halogens is 1. The number of hydrogen-bond donors (Lipinski definition) is 0. The summed E-state index contributed by atoms with van der Waals surface area (Å²) >= 11 is 5.63. The van der Waals surface area contributed by atoms with Crippen LogP contribution in [0.5, 0.6) is 0 Å². The average Bonchev–Trinajstić information content (AvgIpc) is 1.88. The van der Waals surface area contributed by atoms with Gasteiger partial charge in [0.25, 0.3) is 0 Å². The van der Waals surface area contributed by atoms with Crippen LogP contribution in [0.1, 0.15) is 33.6 Å². The highest BCUT2D eigenvalue weighted by Gasteiger charge is 1.95. The SMILES string of the molecule is CCCC(C)/C=C(\C)CCl. The molecule has 0 spiro atoms. The van der Waals surface area contributed by atoms with Crippen molar-refractivity contribution in [2.45, 2.75) is 33.6 Å². The Kier molecular flexibility index (Phi) is 5.81. The van der Waals surface area contributed by atoms with Crippen LogP contribution < -0.4 is 0 Å². The van der Waals surface area contributed by atoms with Crippen molar-refractivity contribution in [2.24, 2.45) is 5.92 Å². The maximum atomic E-state index is 5.63. The second-order valence-electron chi connectivity index (χ2n) is 2.91. The number of hydrogen-bond acceptors (Lipinski definition) is 0. The van der Waals surface area contributed by atoms with Crippen LogP contribution >= 0.6 is 11.6 Å². The van der Waals surface area contributed by atoms with Gasteiger partial charge in [0.2, 0.25) is 0 Å². The monoisotopic (exact) mass is 160 g/mol. The summed E-state index contributed by atoms with van der Waals surface area (Å²) in [6.07, 6.45) is 4.79. The molecule has 0 heterocycles. The summed E-state index contributed by atoms with van der Waals surface area (Å²) in [4.78, 5) is 0. The molecule has 0 fully saturated rings. The van der Waals surface area contributed by atoms with E-state index in [0.29, 0.717) is 11.8 Å². The molecule has 0 N–H and O–H groups in total. The molecule has 0 saturated heterocycles. The average molecular weight is 161 g/mol. The third-order valence-electron chi connectivity index (χ3n) is 1.52. The van der Waals surface area contributed by atoms with Gasteiger partial charge in [-0.2, -0.15) is 0 Å². The number of alkyl halides is 1. The van der Waals surface area contributed by atoms with Crippen molar-refractivity contribution in [2.75, 3.05) is 5.88 Å². The van der Waals surface area contributed by atoms with E-state index in [1.807, 2.05) is 0 Å². The number of rotatable bonds is 4. The van der Waals surface area contributed by atoms with Crippen LogP contribution in [0.25, 0.3) is 0 Å². The van der Waals surface area contributed by atoms with Crippen molar-refractivity contribution in [3.63, 3.8) is 0 Å². The van der Waals surface area contributed by atoms with Gasteiger partial charge in [-0.15, -0.1) is 11.6 Å². The molecule has 0 aliphatic rings. The molecule has 0 aromatic carbocycles. The minimum Gasteiger partial charge on any atom is -0.122 e. The fourth-order valence-corrected chi connectivity index (χ4v) is 1.16. The molecule has 60 valence electrons. The topological polar surface area (TPSA) is 0 Å². The fourth-order valence-electron chi connectivity index (χ4n) is 1.07. The number of allylic oxidation sites excluding steroid dienone is 2. The second-order valence-corrected chi connectivity index (χ2v) is 3.18. The minimum atomic E-state index is 0.675. The molecule has 1 heteroatoms. The van der Waals surface area contributed by atoms with Gasteiger partial charge in [0, 0.05) is 5.88 Å². The van der Waals surface area contributed by atoms with Crippen molar-refractivity contribution >= 4 is 11.6 Å². The molecule has 0 bridgehead atoms. The van der Waals surface area contributed by atoms with Gasteiger partial charge in [-0.1, -0.05) is 31.9 Å². The van der Waals surface area contributed by atoms with Gasteiger partial charge in [-0.25, -0.2) is 0 Å². The summed E-state index contributed by atoms with van der Waals surface area (Å²) in [5, 5.41) is 0. The van der Waals surface area contributed by atoms with Gasteiger partial charge in [0.15, 0.2) is 0 Å². The standard InChI is InChI=1S/C9H17Cl/c1-4-5-8(2)6-9(3)7-10/h6,8H,4-5,7H2,1-3H3/b9-6+. The van der Waals surface area contributed by atoms with Crippen LogP contribution in [0.15, 0.2) is 11.6 Å². The van der Waals surface area contributed by atoms with Gasteiger partial charge in [0.05, 0.1) is 0 Å². The summed E-state index contributed by atoms with van der Waals surface area (Å²) in [5.41, 5.74) is 1.29. The van der Waals surface area contributed by atoms with Crippen molar-refractivity contribution in [1.29, 1.82) is 0 Å². The Morgan fingerprint density at radius 1 is 1.60 bits per heavy atom. The first-order valence-corrected chi connectivity index (χ1v) is 4.47. The van der Waals surface area contributed by atoms with Crippen LogP contribution in [0.4, 0.5) is 0 Å². The molecule has 0 saturated carbocycles. The highest BCUT2D eigenvalue weighted by molar-refractivity contribution is 6.19. The van der Waals surface area contributed by atoms with Gasteiger partial charge in [-0.05, 0) is 19.3 Å². The zero-order valence-electron chi connectivity index (χ0n) is 7.15. The third kappa shape index (κ3) is 4.87. The Morgan fingerprint density at radius 2 is 2.20 bits per heavy atom. The molecule has 0 aromatic rings. The second kappa shape index (κ2) is 5.79. The molecule has 0 nitrogen and oxygen atoms in total. The third-order valence-corrected chi connectivity index (χ3v) is 1.95. The van der Waals surface area contributed by atoms with Crippen LogP contribution in [-0.4, -0.2) is 5.88 Å². The molecule has 0 radical (unpaired) electrons. The lowest BCUT2D eigenvalue weighted by Crippen LogP contribution is -1.90.